The number of hydrogen-bond acceptors (Lipinski definition) is 3. The highest BCUT2D eigenvalue weighted by molar-refractivity contribution is 5.77. The van der Waals surface area contributed by atoms with Crippen molar-refractivity contribution in [3.63, 3.8) is 0 Å². The Labute approximate surface area is 179 Å². The Morgan fingerprint density at radius 3 is 2.10 bits per heavy atom. The minimum atomic E-state index is 0.572. The van der Waals surface area contributed by atoms with Crippen molar-refractivity contribution >= 4 is 6.29 Å². The molecule has 1 saturated heterocycles. The van der Waals surface area contributed by atoms with E-state index in [1.165, 1.54) is 24.8 Å². The molecule has 0 aliphatic carbocycles. The Morgan fingerprint density at radius 2 is 1.47 bits per heavy atom. The summed E-state index contributed by atoms with van der Waals surface area (Å²) < 4.78 is 5.97. The van der Waals surface area contributed by atoms with Crippen LogP contribution in [-0.2, 0) is 11.2 Å². The van der Waals surface area contributed by atoms with E-state index in [0.29, 0.717) is 12.2 Å². The molecular weight excluding hydrogens is 370 g/mol. The van der Waals surface area contributed by atoms with Crippen LogP contribution in [0.3, 0.4) is 0 Å². The lowest BCUT2D eigenvalue weighted by molar-refractivity contribution is 0.155. The van der Waals surface area contributed by atoms with Gasteiger partial charge in [-0.05, 0) is 67.1 Å². The van der Waals surface area contributed by atoms with Gasteiger partial charge >= 0.3 is 0 Å². The van der Waals surface area contributed by atoms with Crippen LogP contribution in [0.25, 0.3) is 11.1 Å². The lowest BCUT2D eigenvalue weighted by atomic mass is 9.90. The monoisotopic (exact) mass is 398 g/mol. The van der Waals surface area contributed by atoms with E-state index in [1.54, 1.807) is 12.1 Å². The van der Waals surface area contributed by atoms with E-state index in [0.717, 1.165) is 42.4 Å². The lowest BCUT2D eigenvalue weighted by Crippen LogP contribution is -2.36. The maximum absolute atomic E-state index is 10.7. The first-order chi connectivity index (χ1) is 14.8. The topological polar surface area (TPSA) is 29.5 Å². The summed E-state index contributed by atoms with van der Waals surface area (Å²) in [5.74, 6) is 1.70. The molecule has 0 spiro atoms. The number of benzene rings is 3. The smallest absolute Gasteiger partial charge is 0.233 e. The molecule has 4 rings (SSSR count). The second-order valence-corrected chi connectivity index (χ2v) is 8.03. The van der Waals surface area contributed by atoms with Gasteiger partial charge in [0.25, 0.3) is 0 Å². The molecule has 0 atom stereocenters. The van der Waals surface area contributed by atoms with Crippen molar-refractivity contribution in [3.8, 4) is 16.9 Å². The van der Waals surface area contributed by atoms with Gasteiger partial charge in [0.2, 0.25) is 6.29 Å². The standard InChI is InChI=1S/C27H28NO2/c29-21-24-6-8-25(9-7-24)26-10-12-27(13-11-26)30-19-18-28-16-14-23(15-17-28)20-22-4-2-1-3-5-22/h1-13,23H,14-20H2. The van der Waals surface area contributed by atoms with Crippen molar-refractivity contribution in [2.24, 2.45) is 5.92 Å². The molecule has 1 aliphatic rings. The third-order valence-electron chi connectivity index (χ3n) is 5.94. The molecule has 0 unspecified atom stereocenters. The molecule has 3 aromatic rings. The molecule has 1 radical (unpaired) electrons. The fraction of sp³-hybridized carbons (Fsp3) is 0.296. The molecule has 0 aromatic heterocycles. The first-order valence-corrected chi connectivity index (χ1v) is 10.8. The third-order valence-corrected chi connectivity index (χ3v) is 5.94. The van der Waals surface area contributed by atoms with Crippen molar-refractivity contribution in [2.45, 2.75) is 19.3 Å². The first-order valence-electron chi connectivity index (χ1n) is 10.8. The summed E-state index contributed by atoms with van der Waals surface area (Å²) in [7, 11) is 0. The zero-order chi connectivity index (χ0) is 20.6. The molecule has 1 fully saturated rings. The van der Waals surface area contributed by atoms with Crippen LogP contribution in [0.4, 0.5) is 0 Å². The Bertz CT molecular complexity index is 911. The molecule has 30 heavy (non-hydrogen) atoms. The predicted molar refractivity (Wildman–Crippen MR) is 121 cm³/mol. The molecule has 3 heteroatoms. The number of ether oxygens (including phenoxy) is 1. The third kappa shape index (κ3) is 5.58. The van der Waals surface area contributed by atoms with Crippen molar-refractivity contribution in [1.82, 2.24) is 4.90 Å². The first kappa shape index (κ1) is 20.4. The number of rotatable bonds is 8. The van der Waals surface area contributed by atoms with Crippen LogP contribution < -0.4 is 4.74 Å². The normalized spacial score (nSPS) is 15.1. The van der Waals surface area contributed by atoms with E-state index in [1.807, 2.05) is 30.6 Å². The van der Waals surface area contributed by atoms with Crippen molar-refractivity contribution < 1.29 is 9.53 Å². The van der Waals surface area contributed by atoms with Gasteiger partial charge in [-0.15, -0.1) is 0 Å². The molecular formula is C27H28NO2. The minimum Gasteiger partial charge on any atom is -0.492 e. The summed E-state index contributed by atoms with van der Waals surface area (Å²) in [4.78, 5) is 13.2. The molecule has 1 aliphatic heterocycles. The number of carbonyl (C=O) groups excluding carboxylic acids is 1. The minimum absolute atomic E-state index is 0.572. The number of likely N-dealkylation sites (tertiary alicyclic amines) is 1. The summed E-state index contributed by atoms with van der Waals surface area (Å²) in [6, 6.07) is 26.4. The van der Waals surface area contributed by atoms with Crippen LogP contribution in [0, 0.1) is 5.92 Å². The maximum Gasteiger partial charge on any atom is 0.233 e. The van der Waals surface area contributed by atoms with Crippen LogP contribution in [0.2, 0.25) is 0 Å². The molecule has 153 valence electrons. The van der Waals surface area contributed by atoms with Crippen molar-refractivity contribution in [1.29, 1.82) is 0 Å². The molecule has 0 saturated carbocycles. The second kappa shape index (κ2) is 10.2. The average molecular weight is 399 g/mol. The highest BCUT2D eigenvalue weighted by atomic mass is 16.5. The Hall–Kier alpha value is -2.91. The summed E-state index contributed by atoms with van der Waals surface area (Å²) >= 11 is 0. The molecule has 0 bridgehead atoms. The summed E-state index contributed by atoms with van der Waals surface area (Å²) in [5, 5.41) is 0. The SMILES string of the molecule is O=[C]c1ccc(-c2ccc(OCCN3CCC(Cc4ccccc4)CC3)cc2)cc1. The number of hydrogen-bond donors (Lipinski definition) is 0. The number of piperidine rings is 1. The van der Waals surface area contributed by atoms with E-state index < -0.39 is 0 Å². The van der Waals surface area contributed by atoms with E-state index >= 15 is 0 Å². The Kier molecular flexibility index (Phi) is 6.94. The van der Waals surface area contributed by atoms with Gasteiger partial charge in [0.05, 0.1) is 0 Å². The van der Waals surface area contributed by atoms with Crippen LogP contribution in [0.1, 0.15) is 24.0 Å². The fourth-order valence-corrected chi connectivity index (χ4v) is 4.13. The van der Waals surface area contributed by atoms with Crippen LogP contribution >= 0.6 is 0 Å². The molecule has 0 amide bonds. The Morgan fingerprint density at radius 1 is 0.833 bits per heavy atom. The fourth-order valence-electron chi connectivity index (χ4n) is 4.13. The van der Waals surface area contributed by atoms with Gasteiger partial charge in [-0.25, -0.2) is 0 Å². The number of nitrogens with zero attached hydrogens (tertiary/aromatic N) is 1. The van der Waals surface area contributed by atoms with Gasteiger partial charge in [-0.2, -0.15) is 0 Å². The molecule has 3 aromatic carbocycles. The highest BCUT2D eigenvalue weighted by Crippen LogP contribution is 2.24. The lowest BCUT2D eigenvalue weighted by Gasteiger charge is -2.31. The van der Waals surface area contributed by atoms with Gasteiger partial charge in [-0.3, -0.25) is 9.69 Å². The zero-order valence-corrected chi connectivity index (χ0v) is 17.3. The predicted octanol–water partition coefficient (Wildman–Crippen LogP) is 5.14. The quantitative estimate of drug-likeness (QED) is 0.526. The van der Waals surface area contributed by atoms with Gasteiger partial charge in [0.15, 0.2) is 0 Å². The van der Waals surface area contributed by atoms with Crippen molar-refractivity contribution in [3.05, 3.63) is 90.0 Å². The Balaban J connectivity index is 1.19. The summed E-state index contributed by atoms with van der Waals surface area (Å²) in [6.45, 7) is 4.01. The van der Waals surface area contributed by atoms with Crippen LogP contribution in [-0.4, -0.2) is 37.4 Å². The summed E-state index contributed by atoms with van der Waals surface area (Å²) in [5.41, 5.74) is 4.22. The van der Waals surface area contributed by atoms with E-state index in [-0.39, 0.29) is 0 Å². The molecule has 3 nitrogen and oxygen atoms in total. The van der Waals surface area contributed by atoms with Crippen LogP contribution in [0.15, 0.2) is 78.9 Å². The van der Waals surface area contributed by atoms with Crippen molar-refractivity contribution in [2.75, 3.05) is 26.2 Å². The van der Waals surface area contributed by atoms with E-state index in [9.17, 15) is 4.79 Å². The highest BCUT2D eigenvalue weighted by Gasteiger charge is 2.19. The largest absolute Gasteiger partial charge is 0.492 e. The van der Waals surface area contributed by atoms with Crippen LogP contribution in [0.5, 0.6) is 5.75 Å². The van der Waals surface area contributed by atoms with Gasteiger partial charge in [0.1, 0.15) is 12.4 Å². The zero-order valence-electron chi connectivity index (χ0n) is 17.3. The second-order valence-electron chi connectivity index (χ2n) is 8.03. The average Bonchev–Trinajstić information content (AvgIpc) is 2.81. The molecule has 0 N–H and O–H groups in total. The summed E-state index contributed by atoms with van der Waals surface area (Å²) in [6.07, 6.45) is 5.64. The van der Waals surface area contributed by atoms with E-state index in [2.05, 4.69) is 47.4 Å². The van der Waals surface area contributed by atoms with Gasteiger partial charge in [0, 0.05) is 12.1 Å². The van der Waals surface area contributed by atoms with Gasteiger partial charge < -0.3 is 4.74 Å². The maximum atomic E-state index is 10.7. The van der Waals surface area contributed by atoms with Gasteiger partial charge in [-0.1, -0.05) is 66.7 Å². The van der Waals surface area contributed by atoms with E-state index in [4.69, 9.17) is 4.74 Å². The molecule has 1 heterocycles.